The Hall–Kier alpha value is -2.13. The average molecular weight is 323 g/mol. The molecule has 0 aromatic heterocycles. The van der Waals surface area contributed by atoms with Gasteiger partial charge in [-0.3, -0.25) is 9.69 Å². The quantitative estimate of drug-likeness (QED) is 0.909. The summed E-state index contributed by atoms with van der Waals surface area (Å²) in [5.41, 5.74) is 4.94. The molecule has 1 fully saturated rings. The Labute approximate surface area is 143 Å². The summed E-state index contributed by atoms with van der Waals surface area (Å²) in [6.07, 6.45) is 1.75. The van der Waals surface area contributed by atoms with Gasteiger partial charge in [-0.2, -0.15) is 0 Å². The Morgan fingerprint density at radius 3 is 2.62 bits per heavy atom. The maximum Gasteiger partial charge on any atom is 0.308 e. The number of piperidine rings is 1. The highest BCUT2D eigenvalue weighted by Crippen LogP contribution is 2.27. The van der Waals surface area contributed by atoms with Gasteiger partial charge < -0.3 is 5.11 Å². The van der Waals surface area contributed by atoms with Crippen LogP contribution in [0.3, 0.4) is 0 Å². The van der Waals surface area contributed by atoms with Crippen molar-refractivity contribution in [1.29, 1.82) is 0 Å². The number of hydrogen-bond acceptors (Lipinski definition) is 2. The van der Waals surface area contributed by atoms with E-state index in [0.717, 1.165) is 25.9 Å². The summed E-state index contributed by atoms with van der Waals surface area (Å²) in [6, 6.07) is 17.2. The molecule has 0 amide bonds. The number of rotatable bonds is 4. The third-order valence-electron chi connectivity index (χ3n) is 5.13. The van der Waals surface area contributed by atoms with E-state index in [1.165, 1.54) is 22.3 Å². The third-order valence-corrected chi connectivity index (χ3v) is 5.13. The maximum absolute atomic E-state index is 11.4. The van der Waals surface area contributed by atoms with E-state index in [2.05, 4.69) is 60.4 Å². The fourth-order valence-electron chi connectivity index (χ4n) is 3.60. The van der Waals surface area contributed by atoms with E-state index >= 15 is 0 Å². The molecule has 0 aliphatic carbocycles. The van der Waals surface area contributed by atoms with Gasteiger partial charge in [-0.1, -0.05) is 48.0 Å². The van der Waals surface area contributed by atoms with Crippen LogP contribution in [0.4, 0.5) is 0 Å². The molecule has 2 aromatic carbocycles. The van der Waals surface area contributed by atoms with Crippen LogP contribution in [-0.2, 0) is 11.3 Å². The molecule has 1 aliphatic rings. The molecule has 3 rings (SSSR count). The van der Waals surface area contributed by atoms with Crippen LogP contribution < -0.4 is 0 Å². The van der Waals surface area contributed by atoms with Gasteiger partial charge in [-0.15, -0.1) is 0 Å². The second-order valence-corrected chi connectivity index (χ2v) is 6.86. The number of hydrogen-bond donors (Lipinski definition) is 1. The largest absolute Gasteiger partial charge is 0.481 e. The first kappa shape index (κ1) is 16.7. The van der Waals surface area contributed by atoms with E-state index in [-0.39, 0.29) is 12.0 Å². The SMILES string of the molecule is Cc1ccc(-c2cccc(CN3CCC[C@@H](C(=O)O)[C@H]3C)c2)cc1. The van der Waals surface area contributed by atoms with Gasteiger partial charge in [0.05, 0.1) is 5.92 Å². The first-order valence-electron chi connectivity index (χ1n) is 8.67. The lowest BCUT2D eigenvalue weighted by molar-refractivity contribution is -0.145. The van der Waals surface area contributed by atoms with Crippen molar-refractivity contribution in [3.8, 4) is 11.1 Å². The molecular weight excluding hydrogens is 298 g/mol. The molecule has 0 radical (unpaired) electrons. The van der Waals surface area contributed by atoms with E-state index in [9.17, 15) is 9.90 Å². The van der Waals surface area contributed by atoms with Gasteiger partial charge in [0, 0.05) is 12.6 Å². The molecule has 0 bridgehead atoms. The van der Waals surface area contributed by atoms with Crippen molar-refractivity contribution < 1.29 is 9.90 Å². The van der Waals surface area contributed by atoms with Crippen molar-refractivity contribution in [1.82, 2.24) is 4.90 Å². The first-order valence-corrected chi connectivity index (χ1v) is 8.67. The lowest BCUT2D eigenvalue weighted by Gasteiger charge is -2.37. The summed E-state index contributed by atoms with van der Waals surface area (Å²) in [6.45, 7) is 5.92. The molecule has 126 valence electrons. The van der Waals surface area contributed by atoms with Crippen LogP contribution in [0, 0.1) is 12.8 Å². The van der Waals surface area contributed by atoms with Crippen LogP contribution in [0.5, 0.6) is 0 Å². The minimum absolute atomic E-state index is 0.0827. The van der Waals surface area contributed by atoms with Crippen LogP contribution in [0.2, 0.25) is 0 Å². The fourth-order valence-corrected chi connectivity index (χ4v) is 3.60. The van der Waals surface area contributed by atoms with Crippen molar-refractivity contribution in [3.63, 3.8) is 0 Å². The fraction of sp³-hybridized carbons (Fsp3) is 0.381. The molecule has 3 heteroatoms. The van der Waals surface area contributed by atoms with Crippen molar-refractivity contribution in [2.45, 2.75) is 39.3 Å². The highest BCUT2D eigenvalue weighted by atomic mass is 16.4. The van der Waals surface area contributed by atoms with Crippen molar-refractivity contribution in [2.24, 2.45) is 5.92 Å². The Bertz CT molecular complexity index is 708. The summed E-state index contributed by atoms with van der Waals surface area (Å²) in [5, 5.41) is 9.38. The smallest absolute Gasteiger partial charge is 0.308 e. The number of carboxylic acid groups (broad SMARTS) is 1. The maximum atomic E-state index is 11.4. The molecule has 3 nitrogen and oxygen atoms in total. The molecule has 0 unspecified atom stereocenters. The van der Waals surface area contributed by atoms with Gasteiger partial charge in [0.2, 0.25) is 0 Å². The van der Waals surface area contributed by atoms with E-state index < -0.39 is 5.97 Å². The van der Waals surface area contributed by atoms with Gasteiger partial charge in [0.1, 0.15) is 0 Å². The lowest BCUT2D eigenvalue weighted by atomic mass is 9.90. The summed E-state index contributed by atoms with van der Waals surface area (Å²) in [4.78, 5) is 13.7. The molecule has 24 heavy (non-hydrogen) atoms. The molecule has 0 spiro atoms. The van der Waals surface area contributed by atoms with Crippen molar-refractivity contribution in [3.05, 3.63) is 59.7 Å². The summed E-state index contributed by atoms with van der Waals surface area (Å²) in [5.74, 6) is -0.917. The monoisotopic (exact) mass is 323 g/mol. The Balaban J connectivity index is 1.77. The summed E-state index contributed by atoms with van der Waals surface area (Å²) < 4.78 is 0. The van der Waals surface area contributed by atoms with Crippen molar-refractivity contribution >= 4 is 5.97 Å². The van der Waals surface area contributed by atoms with Crippen LogP contribution in [0.1, 0.15) is 30.9 Å². The van der Waals surface area contributed by atoms with Crippen molar-refractivity contribution in [2.75, 3.05) is 6.54 Å². The number of aliphatic carboxylic acids is 1. The van der Waals surface area contributed by atoms with E-state index in [0.29, 0.717) is 0 Å². The normalized spacial score (nSPS) is 21.6. The number of carboxylic acids is 1. The third kappa shape index (κ3) is 3.68. The highest BCUT2D eigenvalue weighted by molar-refractivity contribution is 5.71. The Kier molecular flexibility index (Phi) is 5.00. The minimum Gasteiger partial charge on any atom is -0.481 e. The van der Waals surface area contributed by atoms with Crippen LogP contribution >= 0.6 is 0 Å². The van der Waals surface area contributed by atoms with Gasteiger partial charge >= 0.3 is 5.97 Å². The van der Waals surface area contributed by atoms with Crippen LogP contribution in [-0.4, -0.2) is 28.6 Å². The van der Waals surface area contributed by atoms with Gasteiger partial charge in [-0.25, -0.2) is 0 Å². The van der Waals surface area contributed by atoms with E-state index in [1.54, 1.807) is 0 Å². The molecule has 0 saturated carbocycles. The minimum atomic E-state index is -0.666. The number of likely N-dealkylation sites (tertiary alicyclic amines) is 1. The highest BCUT2D eigenvalue weighted by Gasteiger charge is 2.32. The zero-order valence-electron chi connectivity index (χ0n) is 14.4. The Morgan fingerprint density at radius 1 is 1.17 bits per heavy atom. The molecule has 1 N–H and O–H groups in total. The first-order chi connectivity index (χ1) is 11.5. The lowest BCUT2D eigenvalue weighted by Crippen LogP contribution is -2.45. The van der Waals surface area contributed by atoms with Gasteiger partial charge in [-0.05, 0) is 56.0 Å². The van der Waals surface area contributed by atoms with Gasteiger partial charge in [0.25, 0.3) is 0 Å². The average Bonchev–Trinajstić information content (AvgIpc) is 2.57. The molecule has 1 aliphatic heterocycles. The number of carbonyl (C=O) groups is 1. The second kappa shape index (κ2) is 7.18. The standard InChI is InChI=1S/C21H25NO2/c1-15-8-10-18(11-9-15)19-6-3-5-17(13-19)14-22-12-4-7-20(16(22)2)21(23)24/h3,5-6,8-11,13,16,20H,4,7,12,14H2,1-2H3,(H,23,24)/t16-,20-/m1/s1. The number of nitrogens with zero attached hydrogens (tertiary/aromatic N) is 1. The van der Waals surface area contributed by atoms with Crippen LogP contribution in [0.15, 0.2) is 48.5 Å². The topological polar surface area (TPSA) is 40.5 Å². The molecule has 2 atom stereocenters. The van der Waals surface area contributed by atoms with Crippen LogP contribution in [0.25, 0.3) is 11.1 Å². The number of benzene rings is 2. The zero-order chi connectivity index (χ0) is 17.1. The predicted molar refractivity (Wildman–Crippen MR) is 96.8 cm³/mol. The second-order valence-electron chi connectivity index (χ2n) is 6.86. The summed E-state index contributed by atoms with van der Waals surface area (Å²) in [7, 11) is 0. The molecule has 1 saturated heterocycles. The van der Waals surface area contributed by atoms with E-state index in [1.807, 2.05) is 6.92 Å². The molecule has 2 aromatic rings. The summed E-state index contributed by atoms with van der Waals surface area (Å²) >= 11 is 0. The zero-order valence-corrected chi connectivity index (χ0v) is 14.4. The van der Waals surface area contributed by atoms with Gasteiger partial charge in [0.15, 0.2) is 0 Å². The predicted octanol–water partition coefficient (Wildman–Crippen LogP) is 4.35. The van der Waals surface area contributed by atoms with E-state index in [4.69, 9.17) is 0 Å². The number of aryl methyl sites for hydroxylation is 1. The molecule has 1 heterocycles. The molecular formula is C21H25NO2. The Morgan fingerprint density at radius 2 is 1.92 bits per heavy atom.